The number of benzene rings is 2. The molecular weight excluding hydrogens is 355 g/mol. The van der Waals surface area contributed by atoms with Gasteiger partial charge >= 0.3 is 0 Å². The zero-order valence-corrected chi connectivity index (χ0v) is 15.9. The molecule has 0 bridgehead atoms. The fraction of sp³-hybridized carbons (Fsp3) is 0.316. The van der Waals surface area contributed by atoms with E-state index in [1.807, 2.05) is 6.92 Å². The predicted molar refractivity (Wildman–Crippen MR) is 98.7 cm³/mol. The number of carbonyl (C=O) groups excluding carboxylic acids is 1. The van der Waals surface area contributed by atoms with Gasteiger partial charge in [-0.05, 0) is 43.7 Å². The summed E-state index contributed by atoms with van der Waals surface area (Å²) in [6.07, 6.45) is 0.677. The first-order valence-corrected chi connectivity index (χ1v) is 9.84. The predicted octanol–water partition coefficient (Wildman–Crippen LogP) is 3.17. The van der Waals surface area contributed by atoms with Crippen molar-refractivity contribution in [3.05, 3.63) is 65.5 Å². The van der Waals surface area contributed by atoms with Crippen molar-refractivity contribution >= 4 is 15.9 Å². The first kappa shape index (κ1) is 20.1. The van der Waals surface area contributed by atoms with Crippen LogP contribution >= 0.6 is 0 Å². The molecule has 0 radical (unpaired) electrons. The van der Waals surface area contributed by atoms with E-state index in [2.05, 4.69) is 4.72 Å². The highest BCUT2D eigenvalue weighted by Gasteiger charge is 2.18. The van der Waals surface area contributed by atoms with E-state index in [9.17, 15) is 17.6 Å². The Bertz CT molecular complexity index is 867. The number of halogens is 1. The summed E-state index contributed by atoms with van der Waals surface area (Å²) >= 11 is 0. The van der Waals surface area contributed by atoms with Crippen LogP contribution in [0.25, 0.3) is 0 Å². The molecule has 0 fully saturated rings. The molecule has 1 atom stereocenters. The molecule has 1 unspecified atom stereocenters. The summed E-state index contributed by atoms with van der Waals surface area (Å²) in [6, 6.07) is 11.8. The normalized spacial score (nSPS) is 12.6. The van der Waals surface area contributed by atoms with E-state index in [-0.39, 0.29) is 29.2 Å². The fourth-order valence-electron chi connectivity index (χ4n) is 2.37. The first-order valence-electron chi connectivity index (χ1n) is 8.36. The van der Waals surface area contributed by atoms with Crippen LogP contribution in [0.15, 0.2) is 53.4 Å². The third-order valence-electron chi connectivity index (χ3n) is 4.09. The quantitative estimate of drug-likeness (QED) is 0.805. The minimum absolute atomic E-state index is 0.103. The summed E-state index contributed by atoms with van der Waals surface area (Å²) in [5.41, 5.74) is 0.756. The first-order chi connectivity index (χ1) is 12.2. The maximum absolute atomic E-state index is 13.7. The zero-order chi connectivity index (χ0) is 19.3. The van der Waals surface area contributed by atoms with Gasteiger partial charge in [-0.25, -0.2) is 17.5 Å². The topological polar surface area (TPSA) is 66.5 Å². The Morgan fingerprint density at radius 3 is 2.35 bits per heavy atom. The van der Waals surface area contributed by atoms with Gasteiger partial charge in [0.05, 0.1) is 4.90 Å². The number of rotatable bonds is 7. The molecule has 140 valence electrons. The van der Waals surface area contributed by atoms with Gasteiger partial charge in [-0.3, -0.25) is 4.79 Å². The van der Waals surface area contributed by atoms with E-state index in [1.165, 1.54) is 35.2 Å². The molecule has 1 N–H and O–H groups in total. The lowest BCUT2D eigenvalue weighted by Crippen LogP contribution is -2.32. The molecule has 2 rings (SSSR count). The number of nitrogens with one attached hydrogen (secondary N) is 1. The van der Waals surface area contributed by atoms with Gasteiger partial charge in [0.15, 0.2) is 0 Å². The molecule has 0 saturated heterocycles. The largest absolute Gasteiger partial charge is 0.337 e. The lowest BCUT2D eigenvalue weighted by atomic mass is 10.1. The van der Waals surface area contributed by atoms with Crippen LogP contribution in [0, 0.1) is 5.82 Å². The molecule has 0 spiro atoms. The number of hydrogen-bond donors (Lipinski definition) is 1. The number of nitrogens with zero attached hydrogens (tertiary/aromatic N) is 1. The number of amides is 1. The third-order valence-corrected chi connectivity index (χ3v) is 5.70. The van der Waals surface area contributed by atoms with E-state index in [4.69, 9.17) is 0 Å². The van der Waals surface area contributed by atoms with Crippen LogP contribution in [0.3, 0.4) is 0 Å². The van der Waals surface area contributed by atoms with Crippen LogP contribution in [0.1, 0.15) is 36.2 Å². The van der Waals surface area contributed by atoms with Crippen molar-refractivity contribution in [1.29, 1.82) is 0 Å². The van der Waals surface area contributed by atoms with Crippen LogP contribution in [0.4, 0.5) is 4.39 Å². The third kappa shape index (κ3) is 4.89. The molecule has 0 aromatic heterocycles. The number of hydrogen-bond acceptors (Lipinski definition) is 3. The Balaban J connectivity index is 2.12. The van der Waals surface area contributed by atoms with E-state index in [0.717, 1.165) is 0 Å². The monoisotopic (exact) mass is 378 g/mol. The minimum atomic E-state index is -3.61. The van der Waals surface area contributed by atoms with Gasteiger partial charge in [-0.2, -0.15) is 0 Å². The van der Waals surface area contributed by atoms with Crippen LogP contribution in [0.5, 0.6) is 0 Å². The van der Waals surface area contributed by atoms with Crippen molar-refractivity contribution in [1.82, 2.24) is 9.62 Å². The molecule has 0 heterocycles. The van der Waals surface area contributed by atoms with Crippen LogP contribution in [0.2, 0.25) is 0 Å². The Hall–Kier alpha value is -2.25. The summed E-state index contributed by atoms with van der Waals surface area (Å²) in [5.74, 6) is -0.684. The van der Waals surface area contributed by atoms with Gasteiger partial charge in [-0.15, -0.1) is 0 Å². The minimum Gasteiger partial charge on any atom is -0.337 e. The van der Waals surface area contributed by atoms with Crippen molar-refractivity contribution in [2.24, 2.45) is 0 Å². The summed E-state index contributed by atoms with van der Waals surface area (Å²) in [4.78, 5) is 14.0. The van der Waals surface area contributed by atoms with Gasteiger partial charge in [0.1, 0.15) is 5.82 Å². The second-order valence-corrected chi connectivity index (χ2v) is 7.92. The standard InChI is InChI=1S/C19H23FN2O3S/c1-4-14(2)21-26(24,25)17-11-9-15(10-12-17)19(23)22(3)13-16-7-5-6-8-18(16)20/h5-12,14,21H,4,13H2,1-3H3. The van der Waals surface area contributed by atoms with Gasteiger partial charge in [-0.1, -0.05) is 25.1 Å². The molecule has 2 aromatic rings. The SMILES string of the molecule is CCC(C)NS(=O)(=O)c1ccc(C(=O)N(C)Cc2ccccc2F)cc1. The van der Waals surface area contributed by atoms with E-state index >= 15 is 0 Å². The molecule has 1 amide bonds. The van der Waals surface area contributed by atoms with E-state index < -0.39 is 10.0 Å². The smallest absolute Gasteiger partial charge is 0.253 e. The summed E-state index contributed by atoms with van der Waals surface area (Å²) in [7, 11) is -2.04. The van der Waals surface area contributed by atoms with Crippen molar-refractivity contribution < 1.29 is 17.6 Å². The molecule has 2 aromatic carbocycles. The van der Waals surface area contributed by atoms with Crippen LogP contribution < -0.4 is 4.72 Å². The van der Waals surface area contributed by atoms with Crippen molar-refractivity contribution in [2.45, 2.75) is 37.8 Å². The Labute approximate surface area is 153 Å². The number of sulfonamides is 1. The molecule has 0 aliphatic heterocycles. The Morgan fingerprint density at radius 1 is 1.15 bits per heavy atom. The summed E-state index contributed by atoms with van der Waals surface area (Å²) < 4.78 is 40.8. The van der Waals surface area contributed by atoms with Crippen LogP contribution in [-0.4, -0.2) is 32.3 Å². The van der Waals surface area contributed by atoms with Gasteiger partial charge in [0.2, 0.25) is 10.0 Å². The average Bonchev–Trinajstić information content (AvgIpc) is 2.62. The van der Waals surface area contributed by atoms with Gasteiger partial charge < -0.3 is 4.90 Å². The average molecular weight is 378 g/mol. The molecule has 0 aliphatic rings. The molecule has 0 aliphatic carbocycles. The molecule has 26 heavy (non-hydrogen) atoms. The van der Waals surface area contributed by atoms with E-state index in [1.54, 1.807) is 32.2 Å². The lowest BCUT2D eigenvalue weighted by molar-refractivity contribution is 0.0783. The van der Waals surface area contributed by atoms with Crippen molar-refractivity contribution in [2.75, 3.05) is 7.05 Å². The van der Waals surface area contributed by atoms with E-state index in [0.29, 0.717) is 17.5 Å². The lowest BCUT2D eigenvalue weighted by Gasteiger charge is -2.18. The highest BCUT2D eigenvalue weighted by molar-refractivity contribution is 7.89. The van der Waals surface area contributed by atoms with Gasteiger partial charge in [0, 0.05) is 30.8 Å². The number of carbonyl (C=O) groups is 1. The zero-order valence-electron chi connectivity index (χ0n) is 15.1. The summed E-state index contributed by atoms with van der Waals surface area (Å²) in [5, 5.41) is 0. The fourth-order valence-corrected chi connectivity index (χ4v) is 3.69. The Morgan fingerprint density at radius 2 is 1.77 bits per heavy atom. The molecule has 7 heteroatoms. The molecule has 5 nitrogen and oxygen atoms in total. The Kier molecular flexibility index (Phi) is 6.50. The maximum atomic E-state index is 13.7. The second-order valence-electron chi connectivity index (χ2n) is 6.21. The highest BCUT2D eigenvalue weighted by atomic mass is 32.2. The second kappa shape index (κ2) is 8.42. The van der Waals surface area contributed by atoms with Crippen LogP contribution in [-0.2, 0) is 16.6 Å². The summed E-state index contributed by atoms with van der Waals surface area (Å²) in [6.45, 7) is 3.80. The van der Waals surface area contributed by atoms with Crippen molar-refractivity contribution in [3.8, 4) is 0 Å². The van der Waals surface area contributed by atoms with Gasteiger partial charge in [0.25, 0.3) is 5.91 Å². The maximum Gasteiger partial charge on any atom is 0.253 e. The highest BCUT2D eigenvalue weighted by Crippen LogP contribution is 2.15. The molecule has 0 saturated carbocycles. The molecular formula is C19H23FN2O3S. The van der Waals surface area contributed by atoms with Crippen molar-refractivity contribution in [3.63, 3.8) is 0 Å².